The van der Waals surface area contributed by atoms with Crippen LogP contribution in [0.15, 0.2) is 24.3 Å². The van der Waals surface area contributed by atoms with Crippen molar-refractivity contribution in [3.05, 3.63) is 29.3 Å². The number of hydrogen-bond acceptors (Lipinski definition) is 3. The molecule has 74 valence electrons. The van der Waals surface area contributed by atoms with Gasteiger partial charge in [-0.2, -0.15) is 11.8 Å². The Labute approximate surface area is 92.6 Å². The van der Waals surface area contributed by atoms with Gasteiger partial charge in [-0.3, -0.25) is 0 Å². The SMILES string of the molecule is CCSCCc1nc2ccccc2s1. The van der Waals surface area contributed by atoms with Gasteiger partial charge in [0.2, 0.25) is 0 Å². The average Bonchev–Trinajstić information content (AvgIpc) is 2.60. The number of aryl methyl sites for hydroxylation is 1. The number of fused-ring (bicyclic) bond motifs is 1. The Morgan fingerprint density at radius 1 is 1.36 bits per heavy atom. The molecule has 1 aromatic carbocycles. The zero-order valence-corrected chi connectivity index (χ0v) is 9.83. The number of thioether (sulfide) groups is 1. The van der Waals surface area contributed by atoms with Gasteiger partial charge in [0.15, 0.2) is 0 Å². The first-order valence-corrected chi connectivity index (χ1v) is 6.79. The highest BCUT2D eigenvalue weighted by molar-refractivity contribution is 7.99. The molecule has 2 rings (SSSR count). The molecule has 0 radical (unpaired) electrons. The Balaban J connectivity index is 2.11. The highest BCUT2D eigenvalue weighted by Gasteiger charge is 2.01. The predicted molar refractivity (Wildman–Crippen MR) is 66.3 cm³/mol. The van der Waals surface area contributed by atoms with E-state index in [9.17, 15) is 0 Å². The lowest BCUT2D eigenvalue weighted by atomic mass is 10.3. The van der Waals surface area contributed by atoms with E-state index in [2.05, 4.69) is 30.1 Å². The van der Waals surface area contributed by atoms with E-state index in [0.29, 0.717) is 0 Å². The van der Waals surface area contributed by atoms with Crippen molar-refractivity contribution >= 4 is 33.3 Å². The average molecular weight is 223 g/mol. The third-order valence-electron chi connectivity index (χ3n) is 2.00. The van der Waals surface area contributed by atoms with Gasteiger partial charge in [-0.25, -0.2) is 4.98 Å². The zero-order chi connectivity index (χ0) is 9.80. The fraction of sp³-hybridized carbons (Fsp3) is 0.364. The molecular formula is C11H13NS2. The normalized spacial score (nSPS) is 10.9. The fourth-order valence-corrected chi connectivity index (χ4v) is 3.05. The summed E-state index contributed by atoms with van der Waals surface area (Å²) in [7, 11) is 0. The molecule has 0 spiro atoms. The van der Waals surface area contributed by atoms with E-state index in [0.717, 1.165) is 11.9 Å². The topological polar surface area (TPSA) is 12.9 Å². The summed E-state index contributed by atoms with van der Waals surface area (Å²) in [6.45, 7) is 2.20. The van der Waals surface area contributed by atoms with Crippen molar-refractivity contribution in [3.8, 4) is 0 Å². The standard InChI is InChI=1S/C11H13NS2/c1-2-13-8-7-11-12-9-5-3-4-6-10(9)14-11/h3-6H,2,7-8H2,1H3. The van der Waals surface area contributed by atoms with Crippen molar-refractivity contribution in [1.82, 2.24) is 4.98 Å². The van der Waals surface area contributed by atoms with Crippen LogP contribution in [-0.4, -0.2) is 16.5 Å². The van der Waals surface area contributed by atoms with Gasteiger partial charge in [-0.15, -0.1) is 11.3 Å². The number of aromatic nitrogens is 1. The Bertz CT molecular complexity index is 375. The maximum atomic E-state index is 4.59. The molecule has 0 fully saturated rings. The summed E-state index contributed by atoms with van der Waals surface area (Å²) in [4.78, 5) is 4.59. The molecule has 0 amide bonds. The van der Waals surface area contributed by atoms with Gasteiger partial charge < -0.3 is 0 Å². The molecule has 0 unspecified atom stereocenters. The first-order chi connectivity index (χ1) is 6.90. The van der Waals surface area contributed by atoms with Crippen LogP contribution in [0.5, 0.6) is 0 Å². The van der Waals surface area contributed by atoms with Gasteiger partial charge in [0, 0.05) is 6.42 Å². The molecule has 2 aromatic rings. The van der Waals surface area contributed by atoms with Crippen molar-refractivity contribution in [2.24, 2.45) is 0 Å². The van der Waals surface area contributed by atoms with Crippen LogP contribution >= 0.6 is 23.1 Å². The zero-order valence-electron chi connectivity index (χ0n) is 8.19. The molecule has 0 aliphatic rings. The van der Waals surface area contributed by atoms with Crippen molar-refractivity contribution in [1.29, 1.82) is 0 Å². The highest BCUT2D eigenvalue weighted by atomic mass is 32.2. The molecule has 0 N–H and O–H groups in total. The van der Waals surface area contributed by atoms with Crippen LogP contribution in [0.1, 0.15) is 11.9 Å². The second-order valence-electron chi connectivity index (χ2n) is 3.02. The first-order valence-electron chi connectivity index (χ1n) is 4.82. The van der Waals surface area contributed by atoms with Crippen molar-refractivity contribution in [3.63, 3.8) is 0 Å². The summed E-state index contributed by atoms with van der Waals surface area (Å²) in [6, 6.07) is 8.35. The number of nitrogens with zero attached hydrogens (tertiary/aromatic N) is 1. The van der Waals surface area contributed by atoms with E-state index >= 15 is 0 Å². The molecule has 0 bridgehead atoms. The number of para-hydroxylation sites is 1. The van der Waals surface area contributed by atoms with Crippen LogP contribution in [0.2, 0.25) is 0 Å². The van der Waals surface area contributed by atoms with Crippen LogP contribution in [0.3, 0.4) is 0 Å². The number of rotatable bonds is 4. The predicted octanol–water partition coefficient (Wildman–Crippen LogP) is 3.59. The maximum absolute atomic E-state index is 4.59. The summed E-state index contributed by atoms with van der Waals surface area (Å²) in [5.41, 5.74) is 1.15. The minimum absolute atomic E-state index is 1.11. The van der Waals surface area contributed by atoms with Gasteiger partial charge in [-0.1, -0.05) is 19.1 Å². The lowest BCUT2D eigenvalue weighted by Gasteiger charge is -1.93. The minimum Gasteiger partial charge on any atom is -0.241 e. The van der Waals surface area contributed by atoms with E-state index < -0.39 is 0 Å². The van der Waals surface area contributed by atoms with Crippen LogP contribution in [0.25, 0.3) is 10.2 Å². The smallest absolute Gasteiger partial charge is 0.0946 e. The van der Waals surface area contributed by atoms with Crippen molar-refractivity contribution in [2.45, 2.75) is 13.3 Å². The Morgan fingerprint density at radius 3 is 3.00 bits per heavy atom. The van der Waals surface area contributed by atoms with Gasteiger partial charge in [0.1, 0.15) is 0 Å². The summed E-state index contributed by atoms with van der Waals surface area (Å²) in [5.74, 6) is 2.39. The number of hydrogen-bond donors (Lipinski definition) is 0. The first kappa shape index (κ1) is 9.99. The molecular weight excluding hydrogens is 210 g/mol. The van der Waals surface area contributed by atoms with Gasteiger partial charge in [0.05, 0.1) is 15.2 Å². The fourth-order valence-electron chi connectivity index (χ4n) is 1.33. The quantitative estimate of drug-likeness (QED) is 0.735. The minimum atomic E-state index is 1.11. The Morgan fingerprint density at radius 2 is 2.21 bits per heavy atom. The Kier molecular flexibility index (Phi) is 3.43. The lowest BCUT2D eigenvalue weighted by molar-refractivity contribution is 1.12. The molecule has 0 aliphatic heterocycles. The van der Waals surface area contributed by atoms with Crippen LogP contribution in [0.4, 0.5) is 0 Å². The second kappa shape index (κ2) is 4.80. The van der Waals surface area contributed by atoms with E-state index in [1.165, 1.54) is 21.2 Å². The third kappa shape index (κ3) is 2.28. The van der Waals surface area contributed by atoms with E-state index in [1.807, 2.05) is 29.2 Å². The molecule has 0 aliphatic carbocycles. The van der Waals surface area contributed by atoms with E-state index in [-0.39, 0.29) is 0 Å². The van der Waals surface area contributed by atoms with Gasteiger partial charge in [-0.05, 0) is 23.6 Å². The molecule has 0 saturated carbocycles. The molecule has 1 nitrogen and oxygen atoms in total. The van der Waals surface area contributed by atoms with E-state index in [4.69, 9.17) is 0 Å². The second-order valence-corrected chi connectivity index (χ2v) is 5.53. The van der Waals surface area contributed by atoms with Crippen LogP contribution in [-0.2, 0) is 6.42 Å². The summed E-state index contributed by atoms with van der Waals surface area (Å²) in [6.07, 6.45) is 1.11. The molecule has 0 atom stereocenters. The highest BCUT2D eigenvalue weighted by Crippen LogP contribution is 2.22. The molecule has 1 aromatic heterocycles. The monoisotopic (exact) mass is 223 g/mol. The van der Waals surface area contributed by atoms with Crippen LogP contribution in [0, 0.1) is 0 Å². The molecule has 14 heavy (non-hydrogen) atoms. The largest absolute Gasteiger partial charge is 0.241 e. The summed E-state index contributed by atoms with van der Waals surface area (Å²) >= 11 is 3.80. The summed E-state index contributed by atoms with van der Waals surface area (Å²) in [5, 5.41) is 1.27. The van der Waals surface area contributed by atoms with Crippen molar-refractivity contribution in [2.75, 3.05) is 11.5 Å². The Hall–Kier alpha value is -0.540. The third-order valence-corrected chi connectivity index (χ3v) is 4.00. The van der Waals surface area contributed by atoms with Gasteiger partial charge >= 0.3 is 0 Å². The van der Waals surface area contributed by atoms with E-state index in [1.54, 1.807) is 0 Å². The molecule has 0 saturated heterocycles. The molecule has 1 heterocycles. The van der Waals surface area contributed by atoms with Crippen molar-refractivity contribution < 1.29 is 0 Å². The van der Waals surface area contributed by atoms with Crippen LogP contribution < -0.4 is 0 Å². The van der Waals surface area contributed by atoms with Gasteiger partial charge in [0.25, 0.3) is 0 Å². The number of thiazole rings is 1. The lowest BCUT2D eigenvalue weighted by Crippen LogP contribution is -1.86. The molecule has 3 heteroatoms. The number of benzene rings is 1. The maximum Gasteiger partial charge on any atom is 0.0946 e. The summed E-state index contributed by atoms with van der Waals surface area (Å²) < 4.78 is 1.31.